The third-order valence-electron chi connectivity index (χ3n) is 3.29. The van der Waals surface area contributed by atoms with Crippen LogP contribution in [0.2, 0.25) is 0 Å². The molecule has 0 fully saturated rings. The Morgan fingerprint density at radius 2 is 1.71 bits per heavy atom. The summed E-state index contributed by atoms with van der Waals surface area (Å²) in [7, 11) is 0. The zero-order valence-electron chi connectivity index (χ0n) is 13.9. The summed E-state index contributed by atoms with van der Waals surface area (Å²) in [6.45, 7) is 4.05. The van der Waals surface area contributed by atoms with E-state index in [0.717, 1.165) is 0 Å². The van der Waals surface area contributed by atoms with Crippen LogP contribution in [0.3, 0.4) is 0 Å². The van der Waals surface area contributed by atoms with Crippen LogP contribution in [0.1, 0.15) is 33.6 Å². The van der Waals surface area contributed by atoms with Gasteiger partial charge >= 0.3 is 0 Å². The van der Waals surface area contributed by atoms with Crippen LogP contribution in [0, 0.1) is 0 Å². The van der Waals surface area contributed by atoms with Crippen LogP contribution in [0.15, 0.2) is 0 Å². The van der Waals surface area contributed by atoms with Crippen LogP contribution in [0.4, 0.5) is 0 Å². The maximum absolute atomic E-state index is 12.2. The normalized spacial score (nSPS) is 15.3. The minimum absolute atomic E-state index is 0.0921. The fourth-order valence-corrected chi connectivity index (χ4v) is 1.74. The fourth-order valence-electron chi connectivity index (χ4n) is 1.74. The molecule has 0 aromatic rings. The summed E-state index contributed by atoms with van der Waals surface area (Å²) < 4.78 is 0. The number of primary amides is 1. The van der Waals surface area contributed by atoms with Gasteiger partial charge in [-0.3, -0.25) is 24.0 Å². The van der Waals surface area contributed by atoms with Crippen molar-refractivity contribution in [2.24, 2.45) is 5.73 Å². The molecule has 0 aromatic heterocycles. The first-order valence-corrected chi connectivity index (χ1v) is 7.37. The molecule has 4 amide bonds. The van der Waals surface area contributed by atoms with Crippen LogP contribution in [0.25, 0.3) is 0 Å². The van der Waals surface area contributed by atoms with E-state index in [1.54, 1.807) is 0 Å². The Labute approximate surface area is 139 Å². The third kappa shape index (κ3) is 7.68. The maximum Gasteiger partial charge on any atom is 0.245 e. The van der Waals surface area contributed by atoms with Gasteiger partial charge in [0.25, 0.3) is 0 Å². The molecule has 0 aromatic carbocycles. The predicted molar refractivity (Wildman–Crippen MR) is 83.3 cm³/mol. The minimum Gasteiger partial charge on any atom is -0.391 e. The van der Waals surface area contributed by atoms with E-state index in [0.29, 0.717) is 0 Å². The van der Waals surface area contributed by atoms with Crippen molar-refractivity contribution in [3.63, 3.8) is 0 Å². The van der Waals surface area contributed by atoms with E-state index in [1.165, 1.54) is 20.8 Å². The topological polar surface area (TPSA) is 168 Å². The van der Waals surface area contributed by atoms with Gasteiger partial charge in [0.05, 0.1) is 12.1 Å². The van der Waals surface area contributed by atoms with Crippen molar-refractivity contribution >= 4 is 29.9 Å². The average Bonchev–Trinajstić information content (AvgIpc) is 2.47. The molecule has 0 bridgehead atoms. The number of carbonyl (C=O) groups excluding carboxylic acids is 5. The van der Waals surface area contributed by atoms with Crippen LogP contribution >= 0.6 is 0 Å². The highest BCUT2D eigenvalue weighted by molar-refractivity contribution is 5.93. The van der Waals surface area contributed by atoms with Gasteiger partial charge in [-0.05, 0) is 27.2 Å². The van der Waals surface area contributed by atoms with E-state index in [2.05, 4.69) is 16.0 Å². The van der Waals surface area contributed by atoms with Crippen LogP contribution in [-0.2, 0) is 24.0 Å². The number of rotatable bonds is 11. The summed E-state index contributed by atoms with van der Waals surface area (Å²) in [5, 5.41) is 16.4. The maximum atomic E-state index is 12.2. The van der Waals surface area contributed by atoms with Crippen LogP contribution in [0.5, 0.6) is 0 Å². The van der Waals surface area contributed by atoms with Gasteiger partial charge in [0.15, 0.2) is 5.78 Å². The lowest BCUT2D eigenvalue weighted by Gasteiger charge is -2.24. The fraction of sp³-hybridized carbons (Fsp3) is 0.643. The molecule has 0 radical (unpaired) electrons. The number of aliphatic hydroxyl groups is 1. The molecule has 10 heteroatoms. The van der Waals surface area contributed by atoms with Gasteiger partial charge in [0.2, 0.25) is 24.1 Å². The summed E-state index contributed by atoms with van der Waals surface area (Å²) in [5.74, 6) is -2.44. The summed E-state index contributed by atoms with van der Waals surface area (Å²) >= 11 is 0. The van der Waals surface area contributed by atoms with Crippen LogP contribution in [-0.4, -0.2) is 59.3 Å². The lowest BCUT2D eigenvalue weighted by molar-refractivity contribution is -0.134. The smallest absolute Gasteiger partial charge is 0.245 e. The van der Waals surface area contributed by atoms with Gasteiger partial charge in [0, 0.05) is 6.42 Å². The van der Waals surface area contributed by atoms with E-state index >= 15 is 0 Å². The molecule has 0 rings (SSSR count). The molecule has 0 aliphatic carbocycles. The monoisotopic (exact) mass is 344 g/mol. The lowest BCUT2D eigenvalue weighted by atomic mass is 10.1. The van der Waals surface area contributed by atoms with E-state index in [9.17, 15) is 29.1 Å². The summed E-state index contributed by atoms with van der Waals surface area (Å²) in [4.78, 5) is 56.9. The van der Waals surface area contributed by atoms with Crippen molar-refractivity contribution in [3.05, 3.63) is 0 Å². The molecule has 10 nitrogen and oxygen atoms in total. The molecule has 0 spiro atoms. The Kier molecular flexibility index (Phi) is 9.25. The molecule has 6 N–H and O–H groups in total. The highest BCUT2D eigenvalue weighted by atomic mass is 16.3. The van der Waals surface area contributed by atoms with E-state index in [1.807, 2.05) is 0 Å². The number of hydrogen-bond donors (Lipinski definition) is 5. The van der Waals surface area contributed by atoms with Crippen LogP contribution < -0.4 is 21.7 Å². The quantitative estimate of drug-likeness (QED) is 0.256. The second kappa shape index (κ2) is 10.3. The van der Waals surface area contributed by atoms with Gasteiger partial charge < -0.3 is 26.8 Å². The van der Waals surface area contributed by atoms with Crippen molar-refractivity contribution in [1.29, 1.82) is 0 Å². The SMILES string of the molecule is CC(=O)C(C)NC(=O)C(CCC(N)=O)NC(=O)C(NC=O)C(C)O. The minimum atomic E-state index is -1.27. The number of carbonyl (C=O) groups is 5. The van der Waals surface area contributed by atoms with Crippen molar-refractivity contribution < 1.29 is 29.1 Å². The zero-order valence-corrected chi connectivity index (χ0v) is 13.9. The van der Waals surface area contributed by atoms with Gasteiger partial charge in [-0.25, -0.2) is 0 Å². The van der Waals surface area contributed by atoms with Gasteiger partial charge in [0.1, 0.15) is 12.1 Å². The molecule has 136 valence electrons. The first-order chi connectivity index (χ1) is 11.1. The largest absolute Gasteiger partial charge is 0.391 e. The first-order valence-electron chi connectivity index (χ1n) is 7.37. The van der Waals surface area contributed by atoms with Crippen molar-refractivity contribution in [2.45, 2.75) is 57.8 Å². The number of amides is 4. The Bertz CT molecular complexity index is 494. The van der Waals surface area contributed by atoms with Crippen molar-refractivity contribution in [3.8, 4) is 0 Å². The first kappa shape index (κ1) is 21.5. The Morgan fingerprint density at radius 3 is 2.12 bits per heavy atom. The van der Waals surface area contributed by atoms with E-state index in [-0.39, 0.29) is 25.0 Å². The molecular weight excluding hydrogens is 320 g/mol. The number of nitrogens with one attached hydrogen (secondary N) is 3. The van der Waals surface area contributed by atoms with Gasteiger partial charge in [-0.1, -0.05) is 0 Å². The Hall–Kier alpha value is -2.49. The Balaban J connectivity index is 5.07. The predicted octanol–water partition coefficient (Wildman–Crippen LogP) is -2.67. The molecule has 0 aliphatic heterocycles. The third-order valence-corrected chi connectivity index (χ3v) is 3.29. The number of Topliss-reactive ketones (excluding diaryl/α,β-unsaturated/α-hetero) is 1. The average molecular weight is 344 g/mol. The number of hydrogen-bond acceptors (Lipinski definition) is 6. The zero-order chi connectivity index (χ0) is 18.9. The second-order valence-corrected chi connectivity index (χ2v) is 5.41. The van der Waals surface area contributed by atoms with E-state index < -0.39 is 42.0 Å². The summed E-state index contributed by atoms with van der Waals surface area (Å²) in [6, 6.07) is -3.19. The summed E-state index contributed by atoms with van der Waals surface area (Å²) in [6.07, 6.45) is -1.22. The molecule has 4 unspecified atom stereocenters. The number of nitrogens with two attached hydrogens (primary N) is 1. The highest BCUT2D eigenvalue weighted by Crippen LogP contribution is 2.01. The molecule has 4 atom stereocenters. The number of aliphatic hydroxyl groups excluding tert-OH is 1. The molecule has 0 saturated heterocycles. The number of ketones is 1. The highest BCUT2D eigenvalue weighted by Gasteiger charge is 2.29. The molecule has 0 saturated carbocycles. The second-order valence-electron chi connectivity index (χ2n) is 5.41. The van der Waals surface area contributed by atoms with Crippen molar-refractivity contribution in [2.75, 3.05) is 0 Å². The molecule has 0 heterocycles. The summed E-state index contributed by atoms with van der Waals surface area (Å²) in [5.41, 5.74) is 5.04. The van der Waals surface area contributed by atoms with Gasteiger partial charge in [-0.2, -0.15) is 0 Å². The standard InChI is InChI=1S/C14H24N4O6/c1-7(8(2)20)17-13(23)10(4-5-11(15)22)18-14(24)12(9(3)21)16-6-19/h6-7,9-10,12,21H,4-5H2,1-3H3,(H2,15,22)(H,16,19)(H,17,23)(H,18,24). The molecule has 0 aliphatic rings. The van der Waals surface area contributed by atoms with E-state index in [4.69, 9.17) is 5.73 Å². The lowest BCUT2D eigenvalue weighted by Crippen LogP contribution is -2.57. The van der Waals surface area contributed by atoms with Gasteiger partial charge in [-0.15, -0.1) is 0 Å². The Morgan fingerprint density at radius 1 is 1.12 bits per heavy atom. The van der Waals surface area contributed by atoms with Crippen molar-refractivity contribution in [1.82, 2.24) is 16.0 Å². The molecule has 24 heavy (non-hydrogen) atoms. The molecular formula is C14H24N4O6.